The van der Waals surface area contributed by atoms with Crippen molar-refractivity contribution in [3.8, 4) is 0 Å². The average Bonchev–Trinajstić information content (AvgIpc) is 2.77. The van der Waals surface area contributed by atoms with E-state index in [1.807, 2.05) is 18.2 Å². The predicted octanol–water partition coefficient (Wildman–Crippen LogP) is 3.23. The van der Waals surface area contributed by atoms with Gasteiger partial charge in [-0.1, -0.05) is 37.3 Å². The van der Waals surface area contributed by atoms with Crippen molar-refractivity contribution in [3.05, 3.63) is 59.9 Å². The minimum Gasteiger partial charge on any atom is -0.399 e. The monoisotopic (exact) mass is 251 g/mol. The van der Waals surface area contributed by atoms with Gasteiger partial charge in [0.25, 0.3) is 0 Å². The number of aryl methyl sites for hydroxylation is 1. The van der Waals surface area contributed by atoms with E-state index in [-0.39, 0.29) is 0 Å². The number of hydrogen-bond acceptors (Lipinski definition) is 2. The van der Waals surface area contributed by atoms with E-state index < -0.39 is 0 Å². The van der Waals surface area contributed by atoms with Crippen LogP contribution in [0.1, 0.15) is 18.3 Å². The molecule has 19 heavy (non-hydrogen) atoms. The van der Waals surface area contributed by atoms with Gasteiger partial charge < -0.3 is 10.3 Å². The average molecular weight is 251 g/mol. The van der Waals surface area contributed by atoms with Crippen molar-refractivity contribution in [2.75, 3.05) is 5.73 Å². The van der Waals surface area contributed by atoms with Crippen molar-refractivity contribution in [3.63, 3.8) is 0 Å². The van der Waals surface area contributed by atoms with E-state index in [2.05, 4.69) is 46.8 Å². The smallest absolute Gasteiger partial charge is 0.109 e. The number of fused-ring (bicyclic) bond motifs is 1. The van der Waals surface area contributed by atoms with Gasteiger partial charge in [-0.15, -0.1) is 0 Å². The second-order valence-corrected chi connectivity index (χ2v) is 4.70. The minimum absolute atomic E-state index is 0.763. The molecule has 2 aromatic carbocycles. The van der Waals surface area contributed by atoms with E-state index in [4.69, 9.17) is 5.73 Å². The molecule has 3 heteroatoms. The molecule has 0 unspecified atom stereocenters. The summed E-state index contributed by atoms with van der Waals surface area (Å²) in [7, 11) is 0. The van der Waals surface area contributed by atoms with Gasteiger partial charge in [0, 0.05) is 18.7 Å². The normalized spacial score (nSPS) is 11.0. The lowest BCUT2D eigenvalue weighted by Crippen LogP contribution is -2.04. The van der Waals surface area contributed by atoms with Gasteiger partial charge in [-0.25, -0.2) is 4.98 Å². The first-order chi connectivity index (χ1) is 9.28. The Hall–Kier alpha value is -2.29. The van der Waals surface area contributed by atoms with Crippen LogP contribution < -0.4 is 5.73 Å². The topological polar surface area (TPSA) is 43.8 Å². The number of aromatic nitrogens is 2. The second kappa shape index (κ2) is 4.76. The van der Waals surface area contributed by atoms with Crippen LogP contribution in [0.25, 0.3) is 11.0 Å². The summed E-state index contributed by atoms with van der Waals surface area (Å²) < 4.78 is 2.27. The van der Waals surface area contributed by atoms with Crippen LogP contribution >= 0.6 is 0 Å². The van der Waals surface area contributed by atoms with Gasteiger partial charge in [0.15, 0.2) is 0 Å². The molecule has 3 rings (SSSR count). The van der Waals surface area contributed by atoms with Gasteiger partial charge in [-0.2, -0.15) is 0 Å². The Kier molecular flexibility index (Phi) is 2.95. The van der Waals surface area contributed by atoms with E-state index >= 15 is 0 Å². The summed E-state index contributed by atoms with van der Waals surface area (Å²) in [4.78, 5) is 4.67. The molecule has 2 N–H and O–H groups in total. The Labute approximate surface area is 112 Å². The van der Waals surface area contributed by atoms with Gasteiger partial charge in [0.2, 0.25) is 0 Å². The maximum absolute atomic E-state index is 5.83. The lowest BCUT2D eigenvalue weighted by Gasteiger charge is -2.08. The highest BCUT2D eigenvalue weighted by Gasteiger charge is 2.09. The van der Waals surface area contributed by atoms with Gasteiger partial charge in [-0.05, 0) is 23.8 Å². The summed E-state index contributed by atoms with van der Waals surface area (Å²) in [5.41, 5.74) is 10.0. The van der Waals surface area contributed by atoms with Crippen molar-refractivity contribution in [2.45, 2.75) is 19.9 Å². The summed E-state index contributed by atoms with van der Waals surface area (Å²) in [5.74, 6) is 1.10. The van der Waals surface area contributed by atoms with Crippen molar-refractivity contribution in [2.24, 2.45) is 0 Å². The Bertz CT molecular complexity index is 699. The zero-order valence-electron chi connectivity index (χ0n) is 11.0. The molecular formula is C16H17N3. The number of nitrogens with two attached hydrogens (primary N) is 1. The van der Waals surface area contributed by atoms with Crippen LogP contribution in [-0.4, -0.2) is 9.55 Å². The maximum atomic E-state index is 5.83. The molecule has 1 aromatic heterocycles. The van der Waals surface area contributed by atoms with E-state index in [0.29, 0.717) is 0 Å². The fourth-order valence-electron chi connectivity index (χ4n) is 2.41. The van der Waals surface area contributed by atoms with Crippen LogP contribution in [0.3, 0.4) is 0 Å². The van der Waals surface area contributed by atoms with E-state index in [1.54, 1.807) is 0 Å². The van der Waals surface area contributed by atoms with Crippen LogP contribution in [0.5, 0.6) is 0 Å². The Morgan fingerprint density at radius 2 is 1.89 bits per heavy atom. The SMILES string of the molecule is CCc1nc2cc(N)ccc2n1Cc1ccccc1. The fraction of sp³-hybridized carbons (Fsp3) is 0.188. The van der Waals surface area contributed by atoms with Crippen LogP contribution in [-0.2, 0) is 13.0 Å². The summed E-state index contributed by atoms with van der Waals surface area (Å²) in [6, 6.07) is 16.4. The zero-order valence-corrected chi connectivity index (χ0v) is 11.0. The summed E-state index contributed by atoms with van der Waals surface area (Å²) in [6.07, 6.45) is 0.918. The van der Waals surface area contributed by atoms with Crippen molar-refractivity contribution in [1.82, 2.24) is 9.55 Å². The van der Waals surface area contributed by atoms with E-state index in [1.165, 1.54) is 5.56 Å². The minimum atomic E-state index is 0.763. The highest BCUT2D eigenvalue weighted by molar-refractivity contribution is 5.79. The first kappa shape index (κ1) is 11.8. The Morgan fingerprint density at radius 3 is 2.63 bits per heavy atom. The summed E-state index contributed by atoms with van der Waals surface area (Å²) >= 11 is 0. The molecule has 0 bridgehead atoms. The molecule has 3 aromatic rings. The molecule has 0 radical (unpaired) electrons. The first-order valence-corrected chi connectivity index (χ1v) is 6.56. The van der Waals surface area contributed by atoms with Crippen molar-refractivity contribution in [1.29, 1.82) is 0 Å². The van der Waals surface area contributed by atoms with Gasteiger partial charge in [-0.3, -0.25) is 0 Å². The molecule has 0 aliphatic heterocycles. The van der Waals surface area contributed by atoms with Crippen molar-refractivity contribution < 1.29 is 0 Å². The van der Waals surface area contributed by atoms with Crippen LogP contribution in [0, 0.1) is 0 Å². The lowest BCUT2D eigenvalue weighted by molar-refractivity contribution is 0.753. The number of anilines is 1. The molecule has 96 valence electrons. The third-order valence-corrected chi connectivity index (χ3v) is 3.35. The third kappa shape index (κ3) is 2.19. The van der Waals surface area contributed by atoms with Crippen LogP contribution in [0.15, 0.2) is 48.5 Å². The predicted molar refractivity (Wildman–Crippen MR) is 79.1 cm³/mol. The van der Waals surface area contributed by atoms with Gasteiger partial charge >= 0.3 is 0 Å². The highest BCUT2D eigenvalue weighted by atomic mass is 15.1. The van der Waals surface area contributed by atoms with E-state index in [0.717, 1.165) is 35.5 Å². The van der Waals surface area contributed by atoms with Crippen LogP contribution in [0.2, 0.25) is 0 Å². The van der Waals surface area contributed by atoms with E-state index in [9.17, 15) is 0 Å². The number of nitrogen functional groups attached to an aromatic ring is 1. The number of hydrogen-bond donors (Lipinski definition) is 1. The summed E-state index contributed by atoms with van der Waals surface area (Å²) in [5, 5.41) is 0. The number of benzene rings is 2. The second-order valence-electron chi connectivity index (χ2n) is 4.70. The first-order valence-electron chi connectivity index (χ1n) is 6.56. The molecule has 0 saturated heterocycles. The van der Waals surface area contributed by atoms with Gasteiger partial charge in [0.05, 0.1) is 11.0 Å². The molecular weight excluding hydrogens is 234 g/mol. The quantitative estimate of drug-likeness (QED) is 0.726. The Morgan fingerprint density at radius 1 is 1.11 bits per heavy atom. The zero-order chi connectivity index (χ0) is 13.2. The maximum Gasteiger partial charge on any atom is 0.109 e. The highest BCUT2D eigenvalue weighted by Crippen LogP contribution is 2.20. The molecule has 0 aliphatic rings. The Balaban J connectivity index is 2.11. The fourth-order valence-corrected chi connectivity index (χ4v) is 2.41. The standard InChI is InChI=1S/C16H17N3/c1-2-16-18-14-10-13(17)8-9-15(14)19(16)11-12-6-4-3-5-7-12/h3-10H,2,11,17H2,1H3. The summed E-state index contributed by atoms with van der Waals surface area (Å²) in [6.45, 7) is 2.98. The van der Waals surface area contributed by atoms with Crippen LogP contribution in [0.4, 0.5) is 5.69 Å². The molecule has 0 amide bonds. The lowest BCUT2D eigenvalue weighted by atomic mass is 10.2. The molecule has 0 aliphatic carbocycles. The van der Waals surface area contributed by atoms with Crippen molar-refractivity contribution >= 4 is 16.7 Å². The molecule has 0 atom stereocenters. The number of imidazole rings is 1. The molecule has 3 nitrogen and oxygen atoms in total. The molecule has 0 spiro atoms. The third-order valence-electron chi connectivity index (χ3n) is 3.35. The number of nitrogens with zero attached hydrogens (tertiary/aromatic N) is 2. The molecule has 1 heterocycles. The molecule has 0 saturated carbocycles. The largest absolute Gasteiger partial charge is 0.399 e. The van der Waals surface area contributed by atoms with Gasteiger partial charge in [0.1, 0.15) is 5.82 Å². The molecule has 0 fully saturated rings. The number of rotatable bonds is 3.